The lowest BCUT2D eigenvalue weighted by molar-refractivity contribution is -0.132. The molecule has 0 unspecified atom stereocenters. The predicted molar refractivity (Wildman–Crippen MR) is 129 cm³/mol. The van der Waals surface area contributed by atoms with Gasteiger partial charge in [0.25, 0.3) is 11.5 Å². The Hall–Kier alpha value is -3.00. The number of aromatic nitrogens is 2. The number of likely N-dealkylation sites (tertiary alicyclic amines) is 1. The van der Waals surface area contributed by atoms with Crippen molar-refractivity contribution in [3.05, 3.63) is 62.5 Å². The van der Waals surface area contributed by atoms with Crippen LogP contribution in [0.2, 0.25) is 0 Å². The number of benzene rings is 1. The van der Waals surface area contributed by atoms with Crippen LogP contribution in [0.5, 0.6) is 0 Å². The first-order valence-corrected chi connectivity index (χ1v) is 12.6. The third kappa shape index (κ3) is 4.71. The Morgan fingerprint density at radius 2 is 1.88 bits per heavy atom. The van der Waals surface area contributed by atoms with Gasteiger partial charge in [0.2, 0.25) is 5.91 Å². The summed E-state index contributed by atoms with van der Waals surface area (Å²) in [6.07, 6.45) is 6.52. The van der Waals surface area contributed by atoms with Crippen molar-refractivity contribution in [1.29, 1.82) is 0 Å². The largest absolute Gasteiger partial charge is 0.349 e. The second-order valence-electron chi connectivity index (χ2n) is 8.90. The van der Waals surface area contributed by atoms with Crippen molar-refractivity contribution in [2.45, 2.75) is 57.4 Å². The van der Waals surface area contributed by atoms with Crippen LogP contribution in [0.4, 0.5) is 0 Å². The molecule has 0 atom stereocenters. The first-order chi connectivity index (χ1) is 16.1. The number of hydrogen-bond acceptors (Lipinski definition) is 5. The monoisotopic (exact) mass is 464 g/mol. The van der Waals surface area contributed by atoms with Gasteiger partial charge in [-0.15, -0.1) is 11.3 Å². The number of amides is 2. The summed E-state index contributed by atoms with van der Waals surface area (Å²) in [6, 6.07) is 9.26. The van der Waals surface area contributed by atoms with E-state index in [1.807, 2.05) is 23.1 Å². The number of carbonyl (C=O) groups excluding carboxylic acids is 2. The number of aryl methyl sites for hydroxylation is 3. The number of H-pyrrole nitrogens is 1. The van der Waals surface area contributed by atoms with Crippen molar-refractivity contribution in [2.75, 3.05) is 13.1 Å². The van der Waals surface area contributed by atoms with Crippen LogP contribution >= 0.6 is 11.3 Å². The van der Waals surface area contributed by atoms with E-state index in [0.717, 1.165) is 42.3 Å². The molecule has 2 N–H and O–H groups in total. The van der Waals surface area contributed by atoms with Crippen LogP contribution in [-0.2, 0) is 24.1 Å². The van der Waals surface area contributed by atoms with E-state index in [4.69, 9.17) is 0 Å². The number of carbonyl (C=O) groups is 2. The molecular weight excluding hydrogens is 436 g/mol. The van der Waals surface area contributed by atoms with Gasteiger partial charge in [0.15, 0.2) is 0 Å². The van der Waals surface area contributed by atoms with Gasteiger partial charge in [0.05, 0.1) is 5.39 Å². The minimum atomic E-state index is -0.0724. The Kier molecular flexibility index (Phi) is 6.26. The van der Waals surface area contributed by atoms with Gasteiger partial charge < -0.3 is 15.2 Å². The van der Waals surface area contributed by atoms with Crippen LogP contribution in [0.3, 0.4) is 0 Å². The normalized spacial score (nSPS) is 16.5. The van der Waals surface area contributed by atoms with Crippen molar-refractivity contribution < 1.29 is 9.59 Å². The molecule has 0 bridgehead atoms. The highest BCUT2D eigenvalue weighted by molar-refractivity contribution is 7.18. The van der Waals surface area contributed by atoms with Gasteiger partial charge in [-0.05, 0) is 56.2 Å². The van der Waals surface area contributed by atoms with Gasteiger partial charge in [0.1, 0.15) is 10.7 Å². The van der Waals surface area contributed by atoms with Crippen LogP contribution in [0.1, 0.15) is 58.7 Å². The Bertz CT molecular complexity index is 1230. The summed E-state index contributed by atoms with van der Waals surface area (Å²) < 4.78 is 0. The summed E-state index contributed by atoms with van der Waals surface area (Å²) in [5.74, 6) is 0.585. The Morgan fingerprint density at radius 1 is 1.12 bits per heavy atom. The average molecular weight is 465 g/mol. The van der Waals surface area contributed by atoms with E-state index >= 15 is 0 Å². The number of nitrogens with one attached hydrogen (secondary N) is 2. The zero-order chi connectivity index (χ0) is 22.8. The molecule has 1 aromatic carbocycles. The van der Waals surface area contributed by atoms with Crippen LogP contribution < -0.4 is 10.9 Å². The van der Waals surface area contributed by atoms with Crippen LogP contribution in [-0.4, -0.2) is 45.8 Å². The topological polar surface area (TPSA) is 95.2 Å². The highest BCUT2D eigenvalue weighted by Gasteiger charge is 2.25. The summed E-state index contributed by atoms with van der Waals surface area (Å²) in [4.78, 5) is 49.3. The molecule has 0 radical (unpaired) electrons. The molecule has 2 amide bonds. The lowest BCUT2D eigenvalue weighted by atomic mass is 9.97. The second kappa shape index (κ2) is 9.47. The molecule has 1 aliphatic heterocycles. The molecule has 2 aromatic heterocycles. The lowest BCUT2D eigenvalue weighted by Crippen LogP contribution is -2.46. The second-order valence-corrected chi connectivity index (χ2v) is 9.98. The first kappa shape index (κ1) is 21.8. The summed E-state index contributed by atoms with van der Waals surface area (Å²) in [5, 5.41) is 3.82. The van der Waals surface area contributed by atoms with E-state index in [1.165, 1.54) is 16.9 Å². The zero-order valence-electron chi connectivity index (χ0n) is 18.6. The van der Waals surface area contributed by atoms with Gasteiger partial charge in [-0.25, -0.2) is 4.98 Å². The van der Waals surface area contributed by atoms with E-state index in [9.17, 15) is 14.4 Å². The molecule has 8 heteroatoms. The minimum absolute atomic E-state index is 0.0658. The molecule has 1 aliphatic carbocycles. The fraction of sp³-hybridized carbons (Fsp3) is 0.440. The molecule has 2 aliphatic rings. The number of aromatic amines is 1. The third-order valence-corrected chi connectivity index (χ3v) is 7.85. The van der Waals surface area contributed by atoms with Gasteiger partial charge in [-0.3, -0.25) is 14.4 Å². The fourth-order valence-electron chi connectivity index (χ4n) is 4.84. The average Bonchev–Trinajstić information content (AvgIpc) is 3.22. The molecule has 5 rings (SSSR count). The lowest BCUT2D eigenvalue weighted by Gasteiger charge is -2.32. The number of hydrogen-bond donors (Lipinski definition) is 2. The maximum absolute atomic E-state index is 12.8. The van der Waals surface area contributed by atoms with Crippen molar-refractivity contribution in [3.63, 3.8) is 0 Å². The quantitative estimate of drug-likeness (QED) is 0.606. The molecule has 33 heavy (non-hydrogen) atoms. The third-order valence-electron chi connectivity index (χ3n) is 6.67. The molecule has 172 valence electrons. The summed E-state index contributed by atoms with van der Waals surface area (Å²) in [7, 11) is 0. The highest BCUT2D eigenvalue weighted by atomic mass is 32.1. The van der Waals surface area contributed by atoms with Crippen molar-refractivity contribution in [2.24, 2.45) is 0 Å². The van der Waals surface area contributed by atoms with E-state index in [2.05, 4.69) is 15.3 Å². The van der Waals surface area contributed by atoms with Crippen LogP contribution in [0.25, 0.3) is 10.2 Å². The van der Waals surface area contributed by atoms with Crippen molar-refractivity contribution >= 4 is 33.4 Å². The smallest absolute Gasteiger partial charge is 0.259 e. The van der Waals surface area contributed by atoms with E-state index in [1.54, 1.807) is 23.5 Å². The van der Waals surface area contributed by atoms with E-state index in [0.29, 0.717) is 37.3 Å². The summed E-state index contributed by atoms with van der Waals surface area (Å²) in [5.41, 5.74) is 1.76. The molecule has 1 fully saturated rings. The van der Waals surface area contributed by atoms with E-state index < -0.39 is 0 Å². The van der Waals surface area contributed by atoms with Crippen molar-refractivity contribution in [1.82, 2.24) is 20.2 Å². The van der Waals surface area contributed by atoms with Gasteiger partial charge in [0, 0.05) is 42.4 Å². The first-order valence-electron chi connectivity index (χ1n) is 11.8. The Labute approximate surface area is 196 Å². The highest BCUT2D eigenvalue weighted by Crippen LogP contribution is 2.33. The maximum Gasteiger partial charge on any atom is 0.259 e. The Balaban J connectivity index is 1.15. The van der Waals surface area contributed by atoms with Gasteiger partial charge >= 0.3 is 0 Å². The molecule has 3 aromatic rings. The van der Waals surface area contributed by atoms with Crippen LogP contribution in [0.15, 0.2) is 35.1 Å². The minimum Gasteiger partial charge on any atom is -0.349 e. The van der Waals surface area contributed by atoms with Gasteiger partial charge in [-0.1, -0.05) is 18.2 Å². The molecule has 7 nitrogen and oxygen atoms in total. The predicted octanol–water partition coefficient (Wildman–Crippen LogP) is 3.22. The molecule has 1 saturated heterocycles. The summed E-state index contributed by atoms with van der Waals surface area (Å²) in [6.45, 7) is 1.25. The number of fused-ring (bicyclic) bond motifs is 3. The van der Waals surface area contributed by atoms with Crippen LogP contribution in [0, 0.1) is 0 Å². The molecular formula is C25H28N4O3S. The van der Waals surface area contributed by atoms with E-state index in [-0.39, 0.29) is 23.4 Å². The number of thiophene rings is 1. The number of rotatable bonds is 5. The number of piperidine rings is 1. The Morgan fingerprint density at radius 3 is 2.67 bits per heavy atom. The molecule has 3 heterocycles. The standard InChI is InChI=1S/C25H28N4O3S/c30-21(29-14-12-17(13-15-29)26-23(31)16-6-2-1-3-7-16)11-10-20-27-24(32)22-18-8-4-5-9-19(18)33-25(22)28-20/h1-3,6-7,17H,4-5,8-15H2,(H,26,31)(H,27,28,32). The summed E-state index contributed by atoms with van der Waals surface area (Å²) >= 11 is 1.63. The zero-order valence-corrected chi connectivity index (χ0v) is 19.4. The number of nitrogens with zero attached hydrogens (tertiary/aromatic N) is 2. The molecule has 0 saturated carbocycles. The van der Waals surface area contributed by atoms with Crippen molar-refractivity contribution in [3.8, 4) is 0 Å². The maximum atomic E-state index is 12.8. The van der Waals surface area contributed by atoms with Gasteiger partial charge in [-0.2, -0.15) is 0 Å². The SMILES string of the molecule is O=C(NC1CCN(C(=O)CCc2nc3sc4c(c3c(=O)[nH]2)CCCC4)CC1)c1ccccc1. The molecule has 0 spiro atoms. The fourth-order valence-corrected chi connectivity index (χ4v) is 6.12.